The van der Waals surface area contributed by atoms with Crippen LogP contribution >= 0.6 is 0 Å². The second-order valence-electron chi connectivity index (χ2n) is 4.94. The molecule has 1 unspecified atom stereocenters. The number of likely N-dealkylation sites (tertiary alicyclic amines) is 1. The van der Waals surface area contributed by atoms with E-state index >= 15 is 0 Å². The van der Waals surface area contributed by atoms with Crippen molar-refractivity contribution in [3.05, 3.63) is 42.2 Å². The van der Waals surface area contributed by atoms with Gasteiger partial charge >= 0.3 is 0 Å². The first-order valence-electron chi connectivity index (χ1n) is 6.68. The van der Waals surface area contributed by atoms with Gasteiger partial charge in [0.2, 0.25) is 0 Å². The molecule has 1 amide bonds. The predicted molar refractivity (Wildman–Crippen MR) is 72.4 cm³/mol. The Balaban J connectivity index is 1.77. The number of imidazole rings is 1. The fraction of sp³-hybridized carbons (Fsp3) is 0.357. The topological polar surface area (TPSA) is 82.1 Å². The Kier molecular flexibility index (Phi) is 3.37. The zero-order valence-corrected chi connectivity index (χ0v) is 11.0. The molecule has 20 heavy (non-hydrogen) atoms. The fourth-order valence-electron chi connectivity index (χ4n) is 2.60. The molecule has 6 nitrogen and oxygen atoms in total. The second-order valence-corrected chi connectivity index (χ2v) is 4.94. The molecule has 1 atom stereocenters. The third kappa shape index (κ3) is 2.36. The van der Waals surface area contributed by atoms with E-state index in [1.165, 1.54) is 12.3 Å². The van der Waals surface area contributed by atoms with E-state index in [0.29, 0.717) is 13.1 Å². The summed E-state index contributed by atoms with van der Waals surface area (Å²) in [6.07, 6.45) is 6.96. The summed E-state index contributed by atoms with van der Waals surface area (Å²) in [7, 11) is 0. The van der Waals surface area contributed by atoms with Crippen LogP contribution in [0.15, 0.2) is 30.7 Å². The number of amides is 1. The monoisotopic (exact) mass is 272 g/mol. The molecule has 0 radical (unpaired) electrons. The molecule has 0 aromatic carbocycles. The minimum atomic E-state index is -0.223. The number of carbonyl (C=O) groups excluding carboxylic acids is 1. The van der Waals surface area contributed by atoms with E-state index in [2.05, 4.69) is 15.0 Å². The summed E-state index contributed by atoms with van der Waals surface area (Å²) in [6, 6.07) is 3.09. The van der Waals surface area contributed by atoms with Crippen LogP contribution in [0.5, 0.6) is 5.75 Å². The number of aromatic amines is 1. The van der Waals surface area contributed by atoms with Gasteiger partial charge in [-0.15, -0.1) is 0 Å². The first-order valence-corrected chi connectivity index (χ1v) is 6.68. The maximum Gasteiger partial charge on any atom is 0.276 e. The van der Waals surface area contributed by atoms with Crippen LogP contribution < -0.4 is 0 Å². The van der Waals surface area contributed by atoms with Crippen molar-refractivity contribution in [2.75, 3.05) is 13.1 Å². The van der Waals surface area contributed by atoms with E-state index in [1.807, 2.05) is 0 Å². The SMILES string of the molecule is O=C(c1ncccc1O)N1CCCC(c2ncc[nH]2)C1. The van der Waals surface area contributed by atoms with Gasteiger partial charge in [0.15, 0.2) is 5.69 Å². The molecule has 6 heteroatoms. The van der Waals surface area contributed by atoms with Crippen LogP contribution in [0.4, 0.5) is 0 Å². The molecule has 3 heterocycles. The Morgan fingerprint density at radius 2 is 2.30 bits per heavy atom. The highest BCUT2D eigenvalue weighted by Gasteiger charge is 2.28. The Hall–Kier alpha value is -2.37. The summed E-state index contributed by atoms with van der Waals surface area (Å²) < 4.78 is 0. The molecule has 0 spiro atoms. The molecule has 2 N–H and O–H groups in total. The number of piperidine rings is 1. The van der Waals surface area contributed by atoms with Crippen molar-refractivity contribution < 1.29 is 9.90 Å². The van der Waals surface area contributed by atoms with Crippen LogP contribution in [0.1, 0.15) is 35.1 Å². The largest absolute Gasteiger partial charge is 0.505 e. The molecular weight excluding hydrogens is 256 g/mol. The first kappa shape index (κ1) is 12.7. The fourth-order valence-corrected chi connectivity index (χ4v) is 2.60. The van der Waals surface area contributed by atoms with Crippen LogP contribution in [0, 0.1) is 0 Å². The quantitative estimate of drug-likeness (QED) is 0.868. The summed E-state index contributed by atoms with van der Waals surface area (Å²) in [4.78, 5) is 25.5. The Morgan fingerprint density at radius 1 is 1.40 bits per heavy atom. The maximum absolute atomic E-state index is 12.4. The number of aromatic nitrogens is 3. The van der Waals surface area contributed by atoms with Crippen molar-refractivity contribution in [3.8, 4) is 5.75 Å². The van der Waals surface area contributed by atoms with E-state index in [4.69, 9.17) is 0 Å². The number of H-pyrrole nitrogens is 1. The van der Waals surface area contributed by atoms with E-state index in [9.17, 15) is 9.90 Å². The highest BCUT2D eigenvalue weighted by molar-refractivity contribution is 5.94. The van der Waals surface area contributed by atoms with Gasteiger partial charge in [0.25, 0.3) is 5.91 Å². The van der Waals surface area contributed by atoms with E-state index in [1.54, 1.807) is 23.4 Å². The average molecular weight is 272 g/mol. The Morgan fingerprint density at radius 3 is 3.05 bits per heavy atom. The first-order chi connectivity index (χ1) is 9.75. The molecule has 0 saturated carbocycles. The highest BCUT2D eigenvalue weighted by Crippen LogP contribution is 2.26. The molecule has 0 aliphatic carbocycles. The van der Waals surface area contributed by atoms with Crippen LogP contribution in [-0.2, 0) is 0 Å². The summed E-state index contributed by atoms with van der Waals surface area (Å²) in [5.74, 6) is 0.832. The summed E-state index contributed by atoms with van der Waals surface area (Å²) in [5, 5.41) is 9.73. The lowest BCUT2D eigenvalue weighted by atomic mass is 9.97. The second kappa shape index (κ2) is 5.32. The van der Waals surface area contributed by atoms with Crippen molar-refractivity contribution in [2.45, 2.75) is 18.8 Å². The smallest absolute Gasteiger partial charge is 0.276 e. The lowest BCUT2D eigenvalue weighted by Gasteiger charge is -2.31. The Bertz CT molecular complexity index is 597. The molecule has 0 bridgehead atoms. The number of hydrogen-bond acceptors (Lipinski definition) is 4. The molecule has 2 aromatic rings. The number of aromatic hydroxyl groups is 1. The van der Waals surface area contributed by atoms with Crippen molar-refractivity contribution in [1.29, 1.82) is 0 Å². The van der Waals surface area contributed by atoms with E-state index < -0.39 is 0 Å². The van der Waals surface area contributed by atoms with Gasteiger partial charge in [-0.05, 0) is 25.0 Å². The van der Waals surface area contributed by atoms with E-state index in [-0.39, 0.29) is 23.3 Å². The number of pyridine rings is 1. The van der Waals surface area contributed by atoms with Crippen LogP contribution in [-0.4, -0.2) is 44.0 Å². The predicted octanol–water partition coefficient (Wildman–Crippen LogP) is 1.53. The standard InChI is InChI=1S/C14H16N4O2/c19-11-4-1-5-15-12(11)14(20)18-8-2-3-10(9-18)13-16-6-7-17-13/h1,4-7,10,19H,2-3,8-9H2,(H,16,17). The van der Waals surface area contributed by atoms with Crippen LogP contribution in [0.2, 0.25) is 0 Å². The lowest BCUT2D eigenvalue weighted by molar-refractivity contribution is 0.0695. The molecule has 2 aromatic heterocycles. The van der Waals surface area contributed by atoms with Gasteiger partial charge < -0.3 is 15.0 Å². The van der Waals surface area contributed by atoms with Gasteiger partial charge in [0.1, 0.15) is 11.6 Å². The molecule has 1 aliphatic rings. The number of hydrogen-bond donors (Lipinski definition) is 2. The van der Waals surface area contributed by atoms with E-state index in [0.717, 1.165) is 18.7 Å². The molecule has 1 aliphatic heterocycles. The third-order valence-electron chi connectivity index (χ3n) is 3.60. The van der Waals surface area contributed by atoms with Crippen molar-refractivity contribution in [3.63, 3.8) is 0 Å². The molecular formula is C14H16N4O2. The minimum Gasteiger partial charge on any atom is -0.505 e. The molecule has 3 rings (SSSR count). The number of nitrogens with zero attached hydrogens (tertiary/aromatic N) is 3. The maximum atomic E-state index is 12.4. The number of nitrogens with one attached hydrogen (secondary N) is 1. The average Bonchev–Trinajstić information content (AvgIpc) is 3.01. The van der Waals surface area contributed by atoms with Crippen molar-refractivity contribution in [1.82, 2.24) is 19.9 Å². The minimum absolute atomic E-state index is 0.0716. The summed E-state index contributed by atoms with van der Waals surface area (Å²) >= 11 is 0. The normalized spacial score (nSPS) is 19.0. The molecule has 1 fully saturated rings. The van der Waals surface area contributed by atoms with Crippen LogP contribution in [0.25, 0.3) is 0 Å². The van der Waals surface area contributed by atoms with Gasteiger partial charge in [-0.3, -0.25) is 4.79 Å². The highest BCUT2D eigenvalue weighted by atomic mass is 16.3. The van der Waals surface area contributed by atoms with Gasteiger partial charge in [-0.1, -0.05) is 0 Å². The zero-order valence-electron chi connectivity index (χ0n) is 11.0. The molecule has 104 valence electrons. The summed E-state index contributed by atoms with van der Waals surface area (Å²) in [6.45, 7) is 1.29. The lowest BCUT2D eigenvalue weighted by Crippen LogP contribution is -2.39. The van der Waals surface area contributed by atoms with Gasteiger partial charge in [0.05, 0.1) is 0 Å². The Labute approximate surface area is 116 Å². The van der Waals surface area contributed by atoms with Gasteiger partial charge in [-0.2, -0.15) is 0 Å². The summed E-state index contributed by atoms with van der Waals surface area (Å²) in [5.41, 5.74) is 0.118. The van der Waals surface area contributed by atoms with Crippen LogP contribution in [0.3, 0.4) is 0 Å². The van der Waals surface area contributed by atoms with Gasteiger partial charge in [0, 0.05) is 37.6 Å². The number of carbonyl (C=O) groups is 1. The van der Waals surface area contributed by atoms with Crippen molar-refractivity contribution >= 4 is 5.91 Å². The van der Waals surface area contributed by atoms with Gasteiger partial charge in [-0.25, -0.2) is 9.97 Å². The third-order valence-corrected chi connectivity index (χ3v) is 3.60. The van der Waals surface area contributed by atoms with Crippen molar-refractivity contribution in [2.24, 2.45) is 0 Å². The molecule has 1 saturated heterocycles. The number of rotatable bonds is 2. The zero-order chi connectivity index (χ0) is 13.9.